The first-order valence-electron chi connectivity index (χ1n) is 8.93. The largest absolute Gasteiger partial charge is 0.377 e. The van der Waals surface area contributed by atoms with Crippen molar-refractivity contribution in [1.29, 1.82) is 0 Å². The Bertz CT molecular complexity index is 403. The second-order valence-corrected chi connectivity index (χ2v) is 6.85. The molecule has 1 N–H and O–H groups in total. The van der Waals surface area contributed by atoms with Crippen molar-refractivity contribution in [3.8, 4) is 0 Å². The molecule has 0 aromatic carbocycles. The zero-order chi connectivity index (χ0) is 16.7. The summed E-state index contributed by atoms with van der Waals surface area (Å²) in [4.78, 5) is 27.9. The molecule has 6 nitrogen and oxygen atoms in total. The fraction of sp³-hybridized carbons (Fsp3) is 0.882. The van der Waals surface area contributed by atoms with Crippen molar-refractivity contribution < 1.29 is 14.3 Å². The minimum absolute atomic E-state index is 0.0623. The van der Waals surface area contributed by atoms with Crippen molar-refractivity contribution in [2.24, 2.45) is 5.92 Å². The van der Waals surface area contributed by atoms with E-state index in [0.29, 0.717) is 26.3 Å². The highest BCUT2D eigenvalue weighted by Gasteiger charge is 2.30. The first kappa shape index (κ1) is 18.2. The van der Waals surface area contributed by atoms with Crippen molar-refractivity contribution >= 4 is 11.8 Å². The van der Waals surface area contributed by atoms with Gasteiger partial charge < -0.3 is 19.9 Å². The van der Waals surface area contributed by atoms with E-state index in [9.17, 15) is 9.59 Å². The number of nitrogens with zero attached hydrogens (tertiary/aromatic N) is 2. The number of rotatable bonds is 6. The van der Waals surface area contributed by atoms with Crippen LogP contribution in [0, 0.1) is 5.92 Å². The maximum absolute atomic E-state index is 12.2. The summed E-state index contributed by atoms with van der Waals surface area (Å²) in [6, 6.07) is -0.468. The molecule has 2 aliphatic heterocycles. The van der Waals surface area contributed by atoms with E-state index in [0.717, 1.165) is 25.3 Å². The summed E-state index contributed by atoms with van der Waals surface area (Å²) >= 11 is 0. The molecule has 0 aromatic rings. The van der Waals surface area contributed by atoms with Gasteiger partial charge in [-0.1, -0.05) is 6.92 Å². The Morgan fingerprint density at radius 2 is 2.09 bits per heavy atom. The molecule has 2 rings (SSSR count). The molecule has 6 heteroatoms. The van der Waals surface area contributed by atoms with Gasteiger partial charge in [-0.25, -0.2) is 0 Å². The lowest BCUT2D eigenvalue weighted by Crippen LogP contribution is -2.55. The lowest BCUT2D eigenvalue weighted by molar-refractivity contribution is -0.146. The number of hydrogen-bond acceptors (Lipinski definition) is 4. The zero-order valence-electron chi connectivity index (χ0n) is 14.6. The van der Waals surface area contributed by atoms with E-state index in [1.165, 1.54) is 32.9 Å². The Balaban J connectivity index is 1.61. The second kappa shape index (κ2) is 9.23. The van der Waals surface area contributed by atoms with Gasteiger partial charge in [-0.05, 0) is 44.7 Å². The van der Waals surface area contributed by atoms with Crippen molar-refractivity contribution in [2.75, 3.05) is 45.9 Å². The standard InChI is InChI=1S/C17H31N3O3/c1-14-6-5-9-19(12-14)8-4-3-7-18-17(22)16-13-23-11-10-20(16)15(2)21/h14,16H,3-13H2,1-2H3,(H,18,22). The van der Waals surface area contributed by atoms with Gasteiger partial charge in [0.25, 0.3) is 0 Å². The predicted octanol–water partition coefficient (Wildman–Crippen LogP) is 0.862. The number of likely N-dealkylation sites (tertiary alicyclic amines) is 1. The highest BCUT2D eigenvalue weighted by Crippen LogP contribution is 2.15. The topological polar surface area (TPSA) is 61.9 Å². The first-order valence-corrected chi connectivity index (χ1v) is 8.93. The average Bonchev–Trinajstić information content (AvgIpc) is 2.54. The van der Waals surface area contributed by atoms with Gasteiger partial charge in [-0.2, -0.15) is 0 Å². The van der Waals surface area contributed by atoms with E-state index in [1.807, 2.05) is 0 Å². The summed E-state index contributed by atoms with van der Waals surface area (Å²) in [5, 5.41) is 2.95. The highest BCUT2D eigenvalue weighted by molar-refractivity contribution is 5.87. The summed E-state index contributed by atoms with van der Waals surface area (Å²) in [6.07, 6.45) is 4.73. The van der Waals surface area contributed by atoms with Crippen LogP contribution < -0.4 is 5.32 Å². The molecule has 132 valence electrons. The second-order valence-electron chi connectivity index (χ2n) is 6.85. The van der Waals surface area contributed by atoms with Gasteiger partial charge >= 0.3 is 0 Å². The molecule has 0 bridgehead atoms. The molecule has 2 atom stereocenters. The number of carbonyl (C=O) groups is 2. The summed E-state index contributed by atoms with van der Waals surface area (Å²) in [7, 11) is 0. The minimum atomic E-state index is -0.468. The number of ether oxygens (including phenoxy) is 1. The Kier molecular flexibility index (Phi) is 7.30. The van der Waals surface area contributed by atoms with Crippen LogP contribution in [0.1, 0.15) is 39.5 Å². The zero-order valence-corrected chi connectivity index (χ0v) is 14.6. The van der Waals surface area contributed by atoms with Gasteiger partial charge in [-0.3, -0.25) is 9.59 Å². The van der Waals surface area contributed by atoms with Crippen LogP contribution in [0.25, 0.3) is 0 Å². The van der Waals surface area contributed by atoms with E-state index in [1.54, 1.807) is 4.90 Å². The van der Waals surface area contributed by atoms with Gasteiger partial charge in [0.15, 0.2) is 0 Å². The third-order valence-corrected chi connectivity index (χ3v) is 4.78. The van der Waals surface area contributed by atoms with E-state index < -0.39 is 6.04 Å². The van der Waals surface area contributed by atoms with E-state index >= 15 is 0 Å². The van der Waals surface area contributed by atoms with Gasteiger partial charge in [0.1, 0.15) is 6.04 Å². The Hall–Kier alpha value is -1.14. The third-order valence-electron chi connectivity index (χ3n) is 4.78. The van der Waals surface area contributed by atoms with Crippen LogP contribution in [0.5, 0.6) is 0 Å². The van der Waals surface area contributed by atoms with Gasteiger partial charge in [-0.15, -0.1) is 0 Å². The molecule has 0 spiro atoms. The van der Waals surface area contributed by atoms with Crippen molar-refractivity contribution in [3.63, 3.8) is 0 Å². The van der Waals surface area contributed by atoms with Gasteiger partial charge in [0, 0.05) is 26.6 Å². The molecule has 0 aliphatic carbocycles. The van der Waals surface area contributed by atoms with Crippen LogP contribution in [0.3, 0.4) is 0 Å². The van der Waals surface area contributed by atoms with Gasteiger partial charge in [0.05, 0.1) is 13.2 Å². The lowest BCUT2D eigenvalue weighted by atomic mass is 10.0. The fourth-order valence-corrected chi connectivity index (χ4v) is 3.48. The van der Waals surface area contributed by atoms with Gasteiger partial charge in [0.2, 0.25) is 11.8 Å². The number of hydrogen-bond donors (Lipinski definition) is 1. The van der Waals surface area contributed by atoms with E-state index in [2.05, 4.69) is 17.1 Å². The number of nitrogens with one attached hydrogen (secondary N) is 1. The number of amides is 2. The summed E-state index contributed by atoms with van der Waals surface area (Å²) < 4.78 is 5.34. The monoisotopic (exact) mass is 325 g/mol. The highest BCUT2D eigenvalue weighted by atomic mass is 16.5. The third kappa shape index (κ3) is 5.77. The molecular weight excluding hydrogens is 294 g/mol. The van der Waals surface area contributed by atoms with Crippen LogP contribution in [-0.4, -0.2) is 73.6 Å². The number of piperidine rings is 1. The molecule has 2 amide bonds. The average molecular weight is 325 g/mol. The van der Waals surface area contributed by atoms with Crippen molar-refractivity contribution in [2.45, 2.75) is 45.6 Å². The van der Waals surface area contributed by atoms with Crippen LogP contribution in [0.15, 0.2) is 0 Å². The Morgan fingerprint density at radius 3 is 2.83 bits per heavy atom. The molecule has 23 heavy (non-hydrogen) atoms. The van der Waals surface area contributed by atoms with Crippen LogP contribution >= 0.6 is 0 Å². The Labute approximate surface area is 139 Å². The SMILES string of the molecule is CC(=O)N1CCOCC1C(=O)NCCCCN1CCCC(C)C1. The van der Waals surface area contributed by atoms with E-state index in [4.69, 9.17) is 4.74 Å². The molecular formula is C17H31N3O3. The Morgan fingerprint density at radius 1 is 1.26 bits per heavy atom. The smallest absolute Gasteiger partial charge is 0.245 e. The number of carbonyl (C=O) groups excluding carboxylic acids is 2. The first-order chi connectivity index (χ1) is 11.1. The molecule has 2 fully saturated rings. The number of morpholine rings is 1. The van der Waals surface area contributed by atoms with Crippen molar-refractivity contribution in [1.82, 2.24) is 15.1 Å². The van der Waals surface area contributed by atoms with Crippen molar-refractivity contribution in [3.05, 3.63) is 0 Å². The minimum Gasteiger partial charge on any atom is -0.377 e. The van der Waals surface area contributed by atoms with Crippen LogP contribution in [0.2, 0.25) is 0 Å². The maximum Gasteiger partial charge on any atom is 0.245 e. The molecule has 2 saturated heterocycles. The maximum atomic E-state index is 12.2. The summed E-state index contributed by atoms with van der Waals surface area (Å²) in [6.45, 7) is 9.35. The van der Waals surface area contributed by atoms with E-state index in [-0.39, 0.29) is 11.8 Å². The predicted molar refractivity (Wildman–Crippen MR) is 89.1 cm³/mol. The molecule has 0 saturated carbocycles. The lowest BCUT2D eigenvalue weighted by Gasteiger charge is -2.33. The van der Waals surface area contributed by atoms with Crippen LogP contribution in [0.4, 0.5) is 0 Å². The van der Waals surface area contributed by atoms with Crippen LogP contribution in [-0.2, 0) is 14.3 Å². The molecule has 2 aliphatic rings. The molecule has 0 radical (unpaired) electrons. The number of unbranched alkanes of at least 4 members (excludes halogenated alkanes) is 1. The summed E-state index contributed by atoms with van der Waals surface area (Å²) in [5.41, 5.74) is 0. The summed E-state index contributed by atoms with van der Waals surface area (Å²) in [5.74, 6) is 0.659. The molecule has 2 heterocycles. The molecule has 0 aromatic heterocycles. The quantitative estimate of drug-likeness (QED) is 0.736. The fourth-order valence-electron chi connectivity index (χ4n) is 3.48. The normalized spacial score (nSPS) is 26.1. The molecule has 2 unspecified atom stereocenters.